The number of benzene rings is 1. The number of hydrogen-bond donors (Lipinski definition) is 0. The summed E-state index contributed by atoms with van der Waals surface area (Å²) < 4.78 is 11.7. The quantitative estimate of drug-likeness (QED) is 0.644. The highest BCUT2D eigenvalue weighted by atomic mass is 32.1. The maximum atomic E-state index is 11.4. The number of ketones is 1. The number of fused-ring (bicyclic) bond motifs is 3. The molecule has 0 N–H and O–H groups in total. The highest BCUT2D eigenvalue weighted by Gasteiger charge is 2.14. The molecule has 0 aliphatic carbocycles. The van der Waals surface area contributed by atoms with Crippen molar-refractivity contribution >= 4 is 38.2 Å². The number of furan rings is 1. The van der Waals surface area contributed by atoms with Crippen LogP contribution in [0.3, 0.4) is 0 Å². The third kappa shape index (κ3) is 1.45. The Hall–Kier alpha value is -1.81. The zero-order valence-corrected chi connectivity index (χ0v) is 10.3. The van der Waals surface area contributed by atoms with Gasteiger partial charge in [-0.05, 0) is 19.1 Å². The second kappa shape index (κ2) is 3.60. The van der Waals surface area contributed by atoms with Crippen LogP contribution in [0.15, 0.2) is 28.9 Å². The summed E-state index contributed by atoms with van der Waals surface area (Å²) in [6.45, 7) is 1.58. The van der Waals surface area contributed by atoms with Gasteiger partial charge in [0.05, 0.1) is 18.3 Å². The maximum Gasteiger partial charge on any atom is 0.176 e. The second-order valence-corrected chi connectivity index (χ2v) is 4.90. The summed E-state index contributed by atoms with van der Waals surface area (Å²) >= 11 is 1.48. The summed E-state index contributed by atoms with van der Waals surface area (Å²) in [5, 5.41) is 2.04. The van der Waals surface area contributed by atoms with E-state index in [1.54, 1.807) is 20.3 Å². The highest BCUT2D eigenvalue weighted by molar-refractivity contribution is 7.21. The maximum absolute atomic E-state index is 11.4. The topological polar surface area (TPSA) is 39.4 Å². The van der Waals surface area contributed by atoms with Crippen molar-refractivity contribution in [3.05, 3.63) is 29.3 Å². The Morgan fingerprint density at radius 1 is 1.35 bits per heavy atom. The van der Waals surface area contributed by atoms with Crippen LogP contribution in [0.1, 0.15) is 16.6 Å². The molecular weight excluding hydrogens is 236 g/mol. The zero-order chi connectivity index (χ0) is 12.0. The number of thiophene rings is 1. The van der Waals surface area contributed by atoms with Gasteiger partial charge in [-0.2, -0.15) is 0 Å². The Morgan fingerprint density at radius 2 is 2.18 bits per heavy atom. The van der Waals surface area contributed by atoms with Crippen LogP contribution >= 0.6 is 11.3 Å². The first kappa shape index (κ1) is 10.4. The lowest BCUT2D eigenvalue weighted by molar-refractivity contribution is 0.102. The third-order valence-corrected chi connectivity index (χ3v) is 3.95. The lowest BCUT2D eigenvalue weighted by Crippen LogP contribution is -1.83. The SMILES string of the molecule is COc1cc2sc(C(C)=O)cc2c2ccoc12. The van der Waals surface area contributed by atoms with Crippen LogP contribution in [-0.2, 0) is 0 Å². The number of rotatable bonds is 2. The van der Waals surface area contributed by atoms with E-state index < -0.39 is 0 Å². The predicted molar refractivity (Wildman–Crippen MR) is 68.2 cm³/mol. The Balaban J connectivity index is 2.45. The lowest BCUT2D eigenvalue weighted by Gasteiger charge is -2.00. The highest BCUT2D eigenvalue weighted by Crippen LogP contribution is 2.38. The summed E-state index contributed by atoms with van der Waals surface area (Å²) in [6, 6.07) is 5.73. The fourth-order valence-corrected chi connectivity index (χ4v) is 2.95. The van der Waals surface area contributed by atoms with Gasteiger partial charge in [-0.3, -0.25) is 4.79 Å². The minimum atomic E-state index is 0.0850. The molecule has 0 bridgehead atoms. The van der Waals surface area contributed by atoms with Crippen LogP contribution in [0.4, 0.5) is 0 Å². The van der Waals surface area contributed by atoms with Crippen molar-refractivity contribution in [1.82, 2.24) is 0 Å². The van der Waals surface area contributed by atoms with Crippen molar-refractivity contribution in [3.8, 4) is 5.75 Å². The molecule has 1 aromatic carbocycles. The zero-order valence-electron chi connectivity index (χ0n) is 9.44. The molecule has 0 atom stereocenters. The van der Waals surface area contributed by atoms with E-state index in [2.05, 4.69) is 0 Å². The lowest BCUT2D eigenvalue weighted by atomic mass is 10.1. The second-order valence-electron chi connectivity index (χ2n) is 3.82. The molecule has 0 saturated heterocycles. The van der Waals surface area contributed by atoms with Crippen molar-refractivity contribution in [2.24, 2.45) is 0 Å². The van der Waals surface area contributed by atoms with E-state index in [-0.39, 0.29) is 5.78 Å². The number of ether oxygens (including phenoxy) is 1. The molecule has 0 saturated carbocycles. The van der Waals surface area contributed by atoms with E-state index in [0.29, 0.717) is 5.75 Å². The number of methoxy groups -OCH3 is 1. The molecule has 4 heteroatoms. The molecule has 3 rings (SSSR count). The number of hydrogen-bond acceptors (Lipinski definition) is 4. The number of carbonyl (C=O) groups is 1. The van der Waals surface area contributed by atoms with Crippen LogP contribution in [0.5, 0.6) is 5.75 Å². The summed E-state index contributed by atoms with van der Waals surface area (Å²) in [5.41, 5.74) is 0.730. The first-order valence-corrected chi connectivity index (χ1v) is 6.01. The molecule has 0 aliphatic heterocycles. The molecular formula is C13H10O3S. The van der Waals surface area contributed by atoms with E-state index >= 15 is 0 Å². The monoisotopic (exact) mass is 246 g/mol. The molecule has 86 valence electrons. The first-order chi connectivity index (χ1) is 8.20. The van der Waals surface area contributed by atoms with E-state index in [9.17, 15) is 4.79 Å². The van der Waals surface area contributed by atoms with Gasteiger partial charge < -0.3 is 9.15 Å². The Morgan fingerprint density at radius 3 is 2.88 bits per heavy atom. The Labute approximate surface area is 102 Å². The van der Waals surface area contributed by atoms with Crippen LogP contribution < -0.4 is 4.74 Å². The summed E-state index contributed by atoms with van der Waals surface area (Å²) in [7, 11) is 1.61. The number of carbonyl (C=O) groups excluding carboxylic acids is 1. The molecule has 3 aromatic rings. The van der Waals surface area contributed by atoms with Gasteiger partial charge in [0, 0.05) is 21.5 Å². The van der Waals surface area contributed by atoms with Gasteiger partial charge in [0.15, 0.2) is 17.1 Å². The minimum absolute atomic E-state index is 0.0850. The van der Waals surface area contributed by atoms with Crippen molar-refractivity contribution in [1.29, 1.82) is 0 Å². The normalized spacial score (nSPS) is 11.2. The molecule has 3 nitrogen and oxygen atoms in total. The van der Waals surface area contributed by atoms with Gasteiger partial charge in [-0.1, -0.05) is 0 Å². The van der Waals surface area contributed by atoms with E-state index in [1.807, 2.05) is 18.2 Å². The molecule has 0 unspecified atom stereocenters. The fraction of sp³-hybridized carbons (Fsp3) is 0.154. The standard InChI is InChI=1S/C13H10O3S/c1-7(14)11-5-9-8-3-4-16-13(8)10(15-2)6-12(9)17-11/h3-6H,1-2H3. The van der Waals surface area contributed by atoms with Gasteiger partial charge >= 0.3 is 0 Å². The molecule has 0 fully saturated rings. The first-order valence-electron chi connectivity index (χ1n) is 5.19. The molecule has 0 radical (unpaired) electrons. The van der Waals surface area contributed by atoms with Crippen molar-refractivity contribution in [2.75, 3.05) is 7.11 Å². The molecule has 0 amide bonds. The predicted octanol–water partition coefficient (Wildman–Crippen LogP) is 3.86. The summed E-state index contributed by atoms with van der Waals surface area (Å²) in [4.78, 5) is 12.2. The van der Waals surface area contributed by atoms with Crippen LogP contribution in [-0.4, -0.2) is 12.9 Å². The summed E-state index contributed by atoms with van der Waals surface area (Å²) in [5.74, 6) is 0.788. The van der Waals surface area contributed by atoms with Crippen LogP contribution in [0, 0.1) is 0 Å². The largest absolute Gasteiger partial charge is 0.493 e. The van der Waals surface area contributed by atoms with E-state index in [4.69, 9.17) is 9.15 Å². The average molecular weight is 246 g/mol. The van der Waals surface area contributed by atoms with Gasteiger partial charge in [0.1, 0.15) is 0 Å². The Bertz CT molecular complexity index is 721. The smallest absolute Gasteiger partial charge is 0.176 e. The van der Waals surface area contributed by atoms with Crippen LogP contribution in [0.2, 0.25) is 0 Å². The van der Waals surface area contributed by atoms with Gasteiger partial charge in [-0.25, -0.2) is 0 Å². The van der Waals surface area contributed by atoms with Crippen molar-refractivity contribution in [2.45, 2.75) is 6.92 Å². The van der Waals surface area contributed by atoms with Gasteiger partial charge in [0.25, 0.3) is 0 Å². The van der Waals surface area contributed by atoms with E-state index in [1.165, 1.54) is 11.3 Å². The third-order valence-electron chi connectivity index (χ3n) is 2.77. The molecule has 0 spiro atoms. The van der Waals surface area contributed by atoms with Crippen molar-refractivity contribution in [3.63, 3.8) is 0 Å². The minimum Gasteiger partial charge on any atom is -0.493 e. The van der Waals surface area contributed by atoms with E-state index in [0.717, 1.165) is 25.9 Å². The molecule has 0 aliphatic rings. The van der Waals surface area contributed by atoms with Gasteiger partial charge in [0.2, 0.25) is 0 Å². The molecule has 17 heavy (non-hydrogen) atoms. The Kier molecular flexibility index (Phi) is 2.19. The fourth-order valence-electron chi connectivity index (χ4n) is 1.94. The number of Topliss-reactive ketones (excluding diaryl/α,β-unsaturated/α-hetero) is 1. The van der Waals surface area contributed by atoms with Gasteiger partial charge in [-0.15, -0.1) is 11.3 Å². The summed E-state index contributed by atoms with van der Waals surface area (Å²) in [6.07, 6.45) is 1.64. The van der Waals surface area contributed by atoms with Crippen molar-refractivity contribution < 1.29 is 13.9 Å². The molecule has 2 aromatic heterocycles. The average Bonchev–Trinajstić information content (AvgIpc) is 2.93. The molecule has 2 heterocycles. The van der Waals surface area contributed by atoms with Crippen LogP contribution in [0.25, 0.3) is 21.1 Å².